The molecule has 0 aliphatic heterocycles. The van der Waals surface area contributed by atoms with Gasteiger partial charge in [-0.05, 0) is 47.7 Å². The van der Waals surface area contributed by atoms with Crippen LogP contribution in [0, 0.1) is 0 Å². The highest BCUT2D eigenvalue weighted by molar-refractivity contribution is 7.98. The second kappa shape index (κ2) is 8.60. The number of halogens is 1. The molecule has 0 aromatic heterocycles. The lowest BCUT2D eigenvalue weighted by Gasteiger charge is -2.07. The highest BCUT2D eigenvalue weighted by atomic mass is 35.5. The number of nitrogens with zero attached hydrogens (tertiary/aromatic N) is 1. The van der Waals surface area contributed by atoms with Crippen LogP contribution in [-0.2, 0) is 11.2 Å². The van der Waals surface area contributed by atoms with E-state index in [1.807, 2.05) is 42.7 Å². The first-order valence-electron chi connectivity index (χ1n) is 6.90. The quantitative estimate of drug-likeness (QED) is 0.491. The summed E-state index contributed by atoms with van der Waals surface area (Å²) in [5.74, 6) is 0.547. The molecule has 0 spiro atoms. The summed E-state index contributed by atoms with van der Waals surface area (Å²) in [7, 11) is 1.60. The molecule has 2 aromatic carbocycles. The van der Waals surface area contributed by atoms with Crippen molar-refractivity contribution in [1.29, 1.82) is 0 Å². The first kappa shape index (κ1) is 17.4. The van der Waals surface area contributed by atoms with Gasteiger partial charge < -0.3 is 4.74 Å². The molecule has 1 N–H and O–H groups in total. The van der Waals surface area contributed by atoms with Crippen molar-refractivity contribution in [3.8, 4) is 5.75 Å². The molecule has 0 unspecified atom stereocenters. The van der Waals surface area contributed by atoms with E-state index in [0.29, 0.717) is 5.02 Å². The fourth-order valence-electron chi connectivity index (χ4n) is 2.00. The number of hydrogen-bond acceptors (Lipinski definition) is 4. The van der Waals surface area contributed by atoms with E-state index in [4.69, 9.17) is 16.3 Å². The zero-order chi connectivity index (χ0) is 16.7. The monoisotopic (exact) mass is 348 g/mol. The van der Waals surface area contributed by atoms with Gasteiger partial charge in [0.25, 0.3) is 0 Å². The second-order valence-corrected chi connectivity index (χ2v) is 5.99. The van der Waals surface area contributed by atoms with Crippen molar-refractivity contribution in [3.05, 3.63) is 58.6 Å². The molecule has 120 valence electrons. The number of nitrogens with one attached hydrogen (secondary N) is 1. The standard InChI is InChI=1S/C17H17ClN2O2S/c1-22-15-5-3-4-12(8-15)11-19-20-17(21)10-13-9-14(18)6-7-16(13)23-2/h3-9,11H,10H2,1-2H3,(H,20,21)/b19-11-. The highest BCUT2D eigenvalue weighted by Gasteiger charge is 2.08. The predicted molar refractivity (Wildman–Crippen MR) is 95.7 cm³/mol. The van der Waals surface area contributed by atoms with Gasteiger partial charge in [0.15, 0.2) is 0 Å². The van der Waals surface area contributed by atoms with E-state index in [-0.39, 0.29) is 12.3 Å². The van der Waals surface area contributed by atoms with Crippen LogP contribution in [0.3, 0.4) is 0 Å². The van der Waals surface area contributed by atoms with Crippen LogP contribution in [0.1, 0.15) is 11.1 Å². The van der Waals surface area contributed by atoms with Gasteiger partial charge in [-0.15, -0.1) is 11.8 Å². The summed E-state index contributed by atoms with van der Waals surface area (Å²) in [6.07, 6.45) is 3.77. The minimum atomic E-state index is -0.193. The van der Waals surface area contributed by atoms with Crippen molar-refractivity contribution in [2.75, 3.05) is 13.4 Å². The van der Waals surface area contributed by atoms with Crippen LogP contribution in [0.25, 0.3) is 0 Å². The van der Waals surface area contributed by atoms with Crippen molar-refractivity contribution >= 4 is 35.5 Å². The summed E-state index contributed by atoms with van der Waals surface area (Å²) in [4.78, 5) is 13.0. The molecule has 0 radical (unpaired) electrons. The number of rotatable bonds is 6. The van der Waals surface area contributed by atoms with Crippen LogP contribution in [0.2, 0.25) is 5.02 Å². The molecule has 2 aromatic rings. The molecular formula is C17H17ClN2O2S. The number of benzene rings is 2. The van der Waals surface area contributed by atoms with E-state index in [1.54, 1.807) is 31.2 Å². The molecule has 4 nitrogen and oxygen atoms in total. The number of thioether (sulfide) groups is 1. The fraction of sp³-hybridized carbons (Fsp3) is 0.176. The zero-order valence-corrected chi connectivity index (χ0v) is 14.4. The Balaban J connectivity index is 1.97. The van der Waals surface area contributed by atoms with Crippen LogP contribution < -0.4 is 10.2 Å². The Morgan fingerprint density at radius 2 is 2.17 bits per heavy atom. The summed E-state index contributed by atoms with van der Waals surface area (Å²) in [6, 6.07) is 12.9. The number of amides is 1. The fourth-order valence-corrected chi connectivity index (χ4v) is 2.79. The van der Waals surface area contributed by atoms with Crippen LogP contribution in [-0.4, -0.2) is 25.5 Å². The normalized spacial score (nSPS) is 10.7. The van der Waals surface area contributed by atoms with Gasteiger partial charge in [-0.2, -0.15) is 5.10 Å². The Morgan fingerprint density at radius 1 is 1.35 bits per heavy atom. The smallest absolute Gasteiger partial charge is 0.244 e. The van der Waals surface area contributed by atoms with Crippen molar-refractivity contribution < 1.29 is 9.53 Å². The molecule has 0 bridgehead atoms. The summed E-state index contributed by atoms with van der Waals surface area (Å²) < 4.78 is 5.13. The van der Waals surface area contributed by atoms with Crippen molar-refractivity contribution in [2.45, 2.75) is 11.3 Å². The lowest BCUT2D eigenvalue weighted by atomic mass is 10.1. The van der Waals surface area contributed by atoms with Gasteiger partial charge in [0, 0.05) is 9.92 Å². The van der Waals surface area contributed by atoms with Crippen LogP contribution >= 0.6 is 23.4 Å². The van der Waals surface area contributed by atoms with Gasteiger partial charge in [-0.1, -0.05) is 23.7 Å². The van der Waals surface area contributed by atoms with E-state index in [2.05, 4.69) is 10.5 Å². The van der Waals surface area contributed by atoms with E-state index >= 15 is 0 Å². The Morgan fingerprint density at radius 3 is 2.91 bits per heavy atom. The third-order valence-corrected chi connectivity index (χ3v) is 4.16. The molecule has 0 aliphatic rings. The molecule has 2 rings (SSSR count). The molecule has 0 saturated carbocycles. The summed E-state index contributed by atoms with van der Waals surface area (Å²) >= 11 is 7.57. The van der Waals surface area contributed by atoms with Crippen molar-refractivity contribution in [3.63, 3.8) is 0 Å². The Hall–Kier alpha value is -1.98. The minimum Gasteiger partial charge on any atom is -0.497 e. The number of hydrazone groups is 1. The second-order valence-electron chi connectivity index (χ2n) is 4.70. The van der Waals surface area contributed by atoms with Gasteiger partial charge >= 0.3 is 0 Å². The van der Waals surface area contributed by atoms with Gasteiger partial charge in [0.1, 0.15) is 5.75 Å². The molecule has 6 heteroatoms. The molecule has 1 amide bonds. The maximum absolute atomic E-state index is 12.0. The van der Waals surface area contributed by atoms with Gasteiger partial charge in [0.05, 0.1) is 19.7 Å². The third kappa shape index (κ3) is 5.30. The van der Waals surface area contributed by atoms with Crippen molar-refractivity contribution in [2.24, 2.45) is 5.10 Å². The first-order valence-corrected chi connectivity index (χ1v) is 8.51. The Labute approximate surface area is 144 Å². The minimum absolute atomic E-state index is 0.193. The van der Waals surface area contributed by atoms with E-state index in [0.717, 1.165) is 21.8 Å². The third-order valence-electron chi connectivity index (χ3n) is 3.09. The van der Waals surface area contributed by atoms with E-state index in [1.165, 1.54) is 0 Å². The topological polar surface area (TPSA) is 50.7 Å². The van der Waals surface area contributed by atoms with Gasteiger partial charge in [0.2, 0.25) is 5.91 Å². The number of carbonyl (C=O) groups excluding carboxylic acids is 1. The Kier molecular flexibility index (Phi) is 6.50. The Bertz CT molecular complexity index is 719. The summed E-state index contributed by atoms with van der Waals surface area (Å²) in [6.45, 7) is 0. The van der Waals surface area contributed by atoms with Crippen LogP contribution in [0.4, 0.5) is 0 Å². The van der Waals surface area contributed by atoms with Gasteiger partial charge in [-0.25, -0.2) is 5.43 Å². The summed E-state index contributed by atoms with van der Waals surface area (Å²) in [5, 5.41) is 4.59. The SMILES string of the molecule is COc1cccc(/C=N\NC(=O)Cc2cc(Cl)ccc2SC)c1. The molecular weight excluding hydrogens is 332 g/mol. The lowest BCUT2D eigenvalue weighted by molar-refractivity contribution is -0.120. The van der Waals surface area contributed by atoms with Crippen LogP contribution in [0.5, 0.6) is 5.75 Å². The van der Waals surface area contributed by atoms with E-state index in [9.17, 15) is 4.79 Å². The zero-order valence-electron chi connectivity index (χ0n) is 12.9. The maximum atomic E-state index is 12.0. The number of hydrogen-bond donors (Lipinski definition) is 1. The lowest BCUT2D eigenvalue weighted by Crippen LogP contribution is -2.20. The molecule has 23 heavy (non-hydrogen) atoms. The highest BCUT2D eigenvalue weighted by Crippen LogP contribution is 2.24. The molecule has 0 saturated heterocycles. The number of methoxy groups -OCH3 is 1. The average molecular weight is 349 g/mol. The summed E-state index contributed by atoms with van der Waals surface area (Å²) in [5.41, 5.74) is 4.26. The molecule has 0 aliphatic carbocycles. The first-order chi connectivity index (χ1) is 11.1. The largest absolute Gasteiger partial charge is 0.497 e. The maximum Gasteiger partial charge on any atom is 0.244 e. The molecule has 0 atom stereocenters. The van der Waals surface area contributed by atoms with Crippen molar-refractivity contribution in [1.82, 2.24) is 5.43 Å². The molecule has 0 heterocycles. The van der Waals surface area contributed by atoms with Gasteiger partial charge in [-0.3, -0.25) is 4.79 Å². The number of carbonyl (C=O) groups is 1. The van der Waals surface area contributed by atoms with Crippen LogP contribution in [0.15, 0.2) is 52.5 Å². The average Bonchev–Trinajstić information content (AvgIpc) is 2.55. The molecule has 0 fully saturated rings. The predicted octanol–water partition coefficient (Wildman–Crippen LogP) is 3.76. The number of ether oxygens (including phenoxy) is 1. The van der Waals surface area contributed by atoms with E-state index < -0.39 is 0 Å².